The Labute approximate surface area is 181 Å². The lowest BCUT2D eigenvalue weighted by molar-refractivity contribution is -0.152. The van der Waals surface area contributed by atoms with Crippen molar-refractivity contribution >= 4 is 21.7 Å². The van der Waals surface area contributed by atoms with Gasteiger partial charge in [0.25, 0.3) is 0 Å². The van der Waals surface area contributed by atoms with Crippen molar-refractivity contribution in [2.75, 3.05) is 13.1 Å². The van der Waals surface area contributed by atoms with E-state index < -0.39 is 22.9 Å². The highest BCUT2D eigenvalue weighted by Gasteiger charge is 2.40. The number of hydrogen-bond donors (Lipinski definition) is 1. The van der Waals surface area contributed by atoms with Crippen molar-refractivity contribution in [3.63, 3.8) is 0 Å². The predicted octanol–water partition coefficient (Wildman–Crippen LogP) is 5.93. The second-order valence-electron chi connectivity index (χ2n) is 8.08. The molecule has 0 atom stereocenters. The zero-order valence-electron chi connectivity index (χ0n) is 17.1. The maximum atomic E-state index is 14.2. The van der Waals surface area contributed by atoms with Crippen LogP contribution < -0.4 is 5.43 Å². The summed E-state index contributed by atoms with van der Waals surface area (Å²) in [6, 6.07) is 14.6. The molecule has 1 saturated heterocycles. The van der Waals surface area contributed by atoms with Gasteiger partial charge in [-0.15, -0.1) is 0 Å². The molecule has 1 aliphatic rings. The minimum Gasteiger partial charge on any atom is -0.507 e. The van der Waals surface area contributed by atoms with Gasteiger partial charge in [0.05, 0.1) is 16.5 Å². The Hall–Kier alpha value is -3.32. The van der Waals surface area contributed by atoms with Crippen LogP contribution in [0.25, 0.3) is 32.9 Å². The fourth-order valence-corrected chi connectivity index (χ4v) is 4.51. The summed E-state index contributed by atoms with van der Waals surface area (Å²) in [4.78, 5) is 15.5. The highest BCUT2D eigenvalue weighted by atomic mass is 19.4. The van der Waals surface area contributed by atoms with E-state index in [1.54, 1.807) is 36.4 Å². The molecule has 0 spiro atoms. The highest BCUT2D eigenvalue weighted by Crippen LogP contribution is 2.41. The molecule has 3 aromatic carbocycles. The number of benzene rings is 3. The average Bonchev–Trinajstić information content (AvgIpc) is 3.28. The molecule has 0 unspecified atom stereocenters. The lowest BCUT2D eigenvalue weighted by atomic mass is 9.95. The van der Waals surface area contributed by atoms with Gasteiger partial charge in [-0.05, 0) is 54.4 Å². The summed E-state index contributed by atoms with van der Waals surface area (Å²) in [5, 5.41) is 11.7. The van der Waals surface area contributed by atoms with Crippen molar-refractivity contribution in [1.29, 1.82) is 0 Å². The second-order valence-corrected chi connectivity index (χ2v) is 8.08. The number of phenols is 1. The molecule has 1 fully saturated rings. The third kappa shape index (κ3) is 3.42. The van der Waals surface area contributed by atoms with Gasteiger partial charge in [-0.25, -0.2) is 0 Å². The third-order valence-corrected chi connectivity index (χ3v) is 6.04. The van der Waals surface area contributed by atoms with Crippen LogP contribution in [0.3, 0.4) is 0 Å². The summed E-state index contributed by atoms with van der Waals surface area (Å²) in [7, 11) is 0. The number of alkyl halides is 3. The molecule has 164 valence electrons. The average molecular weight is 439 g/mol. The number of hydrogen-bond acceptors (Lipinski definition) is 4. The monoisotopic (exact) mass is 439 g/mol. The van der Waals surface area contributed by atoms with Gasteiger partial charge >= 0.3 is 6.18 Å². The van der Waals surface area contributed by atoms with Gasteiger partial charge in [0, 0.05) is 6.54 Å². The topological polar surface area (TPSA) is 53.7 Å². The lowest BCUT2D eigenvalue weighted by Gasteiger charge is -2.19. The predicted molar refractivity (Wildman–Crippen MR) is 117 cm³/mol. The summed E-state index contributed by atoms with van der Waals surface area (Å²) in [5.74, 6) is -1.53. The number of halogens is 3. The fraction of sp³-hybridized carbons (Fsp3) is 0.240. The van der Waals surface area contributed by atoms with E-state index in [4.69, 9.17) is 4.42 Å². The van der Waals surface area contributed by atoms with Crippen LogP contribution >= 0.6 is 0 Å². The summed E-state index contributed by atoms with van der Waals surface area (Å²) in [6.45, 7) is 1.78. The van der Waals surface area contributed by atoms with E-state index in [9.17, 15) is 23.1 Å². The number of likely N-dealkylation sites (tertiary alicyclic amines) is 1. The van der Waals surface area contributed by atoms with Crippen LogP contribution in [-0.4, -0.2) is 23.1 Å². The van der Waals surface area contributed by atoms with Gasteiger partial charge in [-0.1, -0.05) is 42.5 Å². The Balaban J connectivity index is 1.84. The number of phenolic OH excluding ortho intramolecular Hbond substituents is 1. The van der Waals surface area contributed by atoms with Crippen molar-refractivity contribution < 1.29 is 22.7 Å². The van der Waals surface area contributed by atoms with Crippen LogP contribution in [0, 0.1) is 0 Å². The van der Waals surface area contributed by atoms with Crippen molar-refractivity contribution in [2.24, 2.45) is 0 Å². The van der Waals surface area contributed by atoms with E-state index in [0.717, 1.165) is 31.3 Å². The summed E-state index contributed by atoms with van der Waals surface area (Å²) in [6.07, 6.45) is -2.93. The number of nitrogens with zero attached hydrogens (tertiary/aromatic N) is 1. The van der Waals surface area contributed by atoms with Crippen LogP contribution in [0.15, 0.2) is 63.8 Å². The lowest BCUT2D eigenvalue weighted by Crippen LogP contribution is -2.20. The fourth-order valence-electron chi connectivity index (χ4n) is 4.51. The first-order valence-corrected chi connectivity index (χ1v) is 10.4. The third-order valence-electron chi connectivity index (χ3n) is 6.04. The number of rotatable bonds is 3. The van der Waals surface area contributed by atoms with Crippen LogP contribution in [-0.2, 0) is 12.7 Å². The maximum Gasteiger partial charge on any atom is 0.450 e. The number of fused-ring (bicyclic) bond motifs is 2. The van der Waals surface area contributed by atoms with Gasteiger partial charge in [0.2, 0.25) is 11.2 Å². The van der Waals surface area contributed by atoms with Gasteiger partial charge < -0.3 is 9.52 Å². The largest absolute Gasteiger partial charge is 0.507 e. The molecule has 5 rings (SSSR count). The molecule has 0 bridgehead atoms. The molecule has 7 heteroatoms. The maximum absolute atomic E-state index is 14.2. The molecule has 2 heterocycles. The van der Waals surface area contributed by atoms with Crippen molar-refractivity contribution in [3.8, 4) is 16.9 Å². The molecular formula is C25H20F3NO3. The van der Waals surface area contributed by atoms with Crippen LogP contribution in [0.1, 0.15) is 24.2 Å². The minimum absolute atomic E-state index is 0.0212. The Kier molecular flexibility index (Phi) is 4.93. The molecule has 0 radical (unpaired) electrons. The molecule has 0 aliphatic carbocycles. The molecule has 1 N–H and O–H groups in total. The Morgan fingerprint density at radius 3 is 2.41 bits per heavy atom. The number of aromatic hydroxyl groups is 1. The van der Waals surface area contributed by atoms with E-state index in [1.165, 1.54) is 18.2 Å². The summed E-state index contributed by atoms with van der Waals surface area (Å²) < 4.78 is 48.0. The molecule has 4 nitrogen and oxygen atoms in total. The highest BCUT2D eigenvalue weighted by molar-refractivity contribution is 5.99. The molecule has 1 aromatic heterocycles. The van der Waals surface area contributed by atoms with Crippen LogP contribution in [0.5, 0.6) is 5.75 Å². The smallest absolute Gasteiger partial charge is 0.450 e. The van der Waals surface area contributed by atoms with Gasteiger partial charge in [-0.3, -0.25) is 9.69 Å². The molecule has 0 saturated carbocycles. The minimum atomic E-state index is -4.89. The van der Waals surface area contributed by atoms with Gasteiger partial charge in [0.1, 0.15) is 11.3 Å². The molecule has 1 aliphatic heterocycles. The summed E-state index contributed by atoms with van der Waals surface area (Å²) >= 11 is 0. The van der Waals surface area contributed by atoms with E-state index >= 15 is 0 Å². The van der Waals surface area contributed by atoms with Crippen LogP contribution in [0.2, 0.25) is 0 Å². The summed E-state index contributed by atoms with van der Waals surface area (Å²) in [5.41, 5.74) is -1.12. The quantitative estimate of drug-likeness (QED) is 0.430. The Bertz CT molecular complexity index is 1380. The van der Waals surface area contributed by atoms with Gasteiger partial charge in [0.15, 0.2) is 0 Å². The molecule has 4 aromatic rings. The van der Waals surface area contributed by atoms with Gasteiger partial charge in [-0.2, -0.15) is 13.2 Å². The first-order chi connectivity index (χ1) is 15.3. The first-order valence-electron chi connectivity index (χ1n) is 10.4. The van der Waals surface area contributed by atoms with E-state index in [0.29, 0.717) is 5.39 Å². The first kappa shape index (κ1) is 20.6. The Morgan fingerprint density at radius 1 is 0.938 bits per heavy atom. The normalized spacial score (nSPS) is 15.1. The standard InChI is InChI=1S/C25H20F3NO3/c26-25(27,28)24-21(17-9-5-7-15-6-1-2-8-16(15)17)22(31)18-10-11-20(30)19(23(18)32-24)14-29-12-3-4-13-29/h1-2,5-11,30H,3-4,12-14H2. The molecule has 32 heavy (non-hydrogen) atoms. The zero-order chi connectivity index (χ0) is 22.5. The molecular weight excluding hydrogens is 419 g/mol. The second kappa shape index (κ2) is 7.67. The van der Waals surface area contributed by atoms with E-state index in [-0.39, 0.29) is 34.4 Å². The SMILES string of the molecule is O=c1c(-c2cccc3ccccc23)c(C(F)(F)F)oc2c(CN3CCCC3)c(O)ccc12. The molecule has 0 amide bonds. The Morgan fingerprint density at radius 2 is 1.66 bits per heavy atom. The van der Waals surface area contributed by atoms with Crippen molar-refractivity contribution in [3.05, 3.63) is 76.1 Å². The van der Waals surface area contributed by atoms with E-state index in [1.807, 2.05) is 4.90 Å². The zero-order valence-corrected chi connectivity index (χ0v) is 17.1. The van der Waals surface area contributed by atoms with Crippen molar-refractivity contribution in [2.45, 2.75) is 25.6 Å². The van der Waals surface area contributed by atoms with Crippen molar-refractivity contribution in [1.82, 2.24) is 4.90 Å². The van der Waals surface area contributed by atoms with E-state index in [2.05, 4.69) is 0 Å². The van der Waals surface area contributed by atoms with Crippen LogP contribution in [0.4, 0.5) is 13.2 Å².